The number of imide groups is 1. The quantitative estimate of drug-likeness (QED) is 0.151. The molecule has 2 amide bonds. The van der Waals surface area contributed by atoms with Gasteiger partial charge in [0.25, 0.3) is 11.8 Å². The van der Waals surface area contributed by atoms with E-state index in [-0.39, 0.29) is 24.3 Å². The van der Waals surface area contributed by atoms with Crippen LogP contribution in [0.2, 0.25) is 10.0 Å². The molecular formula is C36H24BrCl2F3N6O5. The molecule has 0 bridgehead atoms. The smallest absolute Gasteiger partial charge is 0.417 e. The summed E-state index contributed by atoms with van der Waals surface area (Å²) in [6, 6.07) is 18.9. The number of aromatic hydroxyl groups is 1. The Kier molecular flexibility index (Phi) is 8.23. The number of benzene rings is 3. The molecular weight excluding hydrogens is 804 g/mol. The first-order valence-electron chi connectivity index (χ1n) is 16.1. The number of halogens is 6. The van der Waals surface area contributed by atoms with Gasteiger partial charge in [0.1, 0.15) is 5.75 Å². The Hall–Kier alpha value is -5.12. The summed E-state index contributed by atoms with van der Waals surface area (Å²) in [5.74, 6) is -4.67. The number of carbonyl (C=O) groups is 2. The Labute approximate surface area is 315 Å². The lowest BCUT2D eigenvalue weighted by Gasteiger charge is -2.49. The first-order valence-corrected chi connectivity index (χ1v) is 17.6. The predicted octanol–water partition coefficient (Wildman–Crippen LogP) is 6.61. The van der Waals surface area contributed by atoms with Gasteiger partial charge in [-0.2, -0.15) is 18.2 Å². The van der Waals surface area contributed by atoms with E-state index in [0.29, 0.717) is 43.6 Å². The highest BCUT2D eigenvalue weighted by molar-refractivity contribution is 9.10. The van der Waals surface area contributed by atoms with Crippen molar-refractivity contribution in [1.82, 2.24) is 23.9 Å². The zero-order chi connectivity index (χ0) is 37.6. The molecule has 2 N–H and O–H groups in total. The van der Waals surface area contributed by atoms with Crippen LogP contribution in [-0.2, 0) is 27.7 Å². The van der Waals surface area contributed by atoms with Gasteiger partial charge in [-0.15, -0.1) is 0 Å². The third-order valence-corrected chi connectivity index (χ3v) is 11.2. The maximum Gasteiger partial charge on any atom is 0.417 e. The summed E-state index contributed by atoms with van der Waals surface area (Å²) in [4.78, 5) is 61.8. The number of hydrogen-bond acceptors (Lipinski definition) is 7. The van der Waals surface area contributed by atoms with E-state index in [1.165, 1.54) is 15.4 Å². The number of rotatable bonds is 5. The van der Waals surface area contributed by atoms with Crippen molar-refractivity contribution in [3.8, 4) is 11.4 Å². The van der Waals surface area contributed by atoms with Crippen molar-refractivity contribution >= 4 is 56.8 Å². The molecule has 2 fully saturated rings. The summed E-state index contributed by atoms with van der Waals surface area (Å²) in [6.07, 6.45) is -2.69. The number of para-hydroxylation sites is 1. The molecule has 1 saturated carbocycles. The Morgan fingerprint density at radius 3 is 2.34 bits per heavy atom. The predicted molar refractivity (Wildman–Crippen MR) is 191 cm³/mol. The van der Waals surface area contributed by atoms with Crippen LogP contribution in [0.3, 0.4) is 0 Å². The molecule has 4 unspecified atom stereocenters. The van der Waals surface area contributed by atoms with E-state index >= 15 is 4.79 Å². The van der Waals surface area contributed by atoms with Gasteiger partial charge in [-0.05, 0) is 66.1 Å². The van der Waals surface area contributed by atoms with Gasteiger partial charge in [0.2, 0.25) is 0 Å². The SMILES string of the molecule is O=C1C2CC3C(=CCn4c(=O)n(-c5ccccc5)c(=O)n43)C(c3cc(Br)ccc3O)C2(c2ccc(Cl)cc2)C(=O)N1Nc1ncc(C(F)(F)F)cc1Cl. The van der Waals surface area contributed by atoms with Gasteiger partial charge in [0.05, 0.1) is 40.2 Å². The second kappa shape index (κ2) is 12.5. The zero-order valence-corrected chi connectivity index (χ0v) is 30.0. The van der Waals surface area contributed by atoms with Gasteiger partial charge in [0.15, 0.2) is 5.82 Å². The molecule has 0 radical (unpaired) electrons. The van der Waals surface area contributed by atoms with Gasteiger partial charge in [-0.1, -0.05) is 75.5 Å². The molecule has 0 spiro atoms. The number of phenolic OH excluding ortho intramolecular Hbond substituents is 1. The highest BCUT2D eigenvalue weighted by atomic mass is 79.9. The van der Waals surface area contributed by atoms with Crippen LogP contribution in [0.1, 0.15) is 35.1 Å². The largest absolute Gasteiger partial charge is 0.508 e. The lowest BCUT2D eigenvalue weighted by molar-refractivity contribution is -0.139. The number of nitrogens with one attached hydrogen (secondary N) is 1. The second-order valence-corrected chi connectivity index (χ2v) is 14.6. The Morgan fingerprint density at radius 2 is 1.66 bits per heavy atom. The third-order valence-electron chi connectivity index (χ3n) is 10.1. The molecule has 3 aliphatic rings. The van der Waals surface area contributed by atoms with Crippen LogP contribution in [0.25, 0.3) is 5.69 Å². The number of alkyl halides is 3. The van der Waals surface area contributed by atoms with E-state index in [4.69, 9.17) is 23.2 Å². The minimum absolute atomic E-state index is 0.0818. The molecule has 4 atom stereocenters. The molecule has 1 aliphatic carbocycles. The second-order valence-electron chi connectivity index (χ2n) is 12.8. The van der Waals surface area contributed by atoms with Crippen molar-refractivity contribution in [3.63, 3.8) is 0 Å². The van der Waals surface area contributed by atoms with E-state index in [0.717, 1.165) is 4.57 Å². The molecule has 8 rings (SSSR count). The van der Waals surface area contributed by atoms with Crippen LogP contribution in [0.4, 0.5) is 19.0 Å². The summed E-state index contributed by atoms with van der Waals surface area (Å²) in [6.45, 7) is -0.0818. The molecule has 5 aromatic rings. The number of anilines is 1. The number of fused-ring (bicyclic) bond motifs is 4. The Morgan fingerprint density at radius 1 is 0.943 bits per heavy atom. The lowest BCUT2D eigenvalue weighted by atomic mass is 9.53. The van der Waals surface area contributed by atoms with Gasteiger partial charge in [0, 0.05) is 27.2 Å². The first kappa shape index (κ1) is 34.9. The summed E-state index contributed by atoms with van der Waals surface area (Å²) in [5.41, 5.74) is -0.324. The number of hydrazine groups is 1. The van der Waals surface area contributed by atoms with Crippen LogP contribution in [0.5, 0.6) is 5.75 Å². The number of carbonyl (C=O) groups excluding carboxylic acids is 2. The number of amides is 2. The van der Waals surface area contributed by atoms with Crippen LogP contribution in [-0.4, -0.2) is 40.8 Å². The van der Waals surface area contributed by atoms with Crippen molar-refractivity contribution in [2.75, 3.05) is 5.43 Å². The lowest BCUT2D eigenvalue weighted by Crippen LogP contribution is -2.53. The summed E-state index contributed by atoms with van der Waals surface area (Å²) in [5, 5.41) is 12.0. The molecule has 3 aromatic carbocycles. The number of hydrogen-bond donors (Lipinski definition) is 2. The van der Waals surface area contributed by atoms with E-state index < -0.39 is 69.1 Å². The van der Waals surface area contributed by atoms with Crippen molar-refractivity contribution in [1.29, 1.82) is 0 Å². The number of allylic oxidation sites excluding steroid dienone is 2. The number of phenols is 1. The molecule has 1 saturated heterocycles. The molecule has 17 heteroatoms. The fourth-order valence-electron chi connectivity index (χ4n) is 7.94. The zero-order valence-electron chi connectivity index (χ0n) is 26.9. The van der Waals surface area contributed by atoms with Gasteiger partial charge in [-0.3, -0.25) is 15.0 Å². The summed E-state index contributed by atoms with van der Waals surface area (Å²) >= 11 is 16.0. The molecule has 2 aliphatic heterocycles. The highest BCUT2D eigenvalue weighted by Crippen LogP contribution is 2.63. The normalized spacial score (nSPS) is 22.3. The van der Waals surface area contributed by atoms with E-state index in [2.05, 4.69) is 26.3 Å². The topological polar surface area (TPSA) is 131 Å². The van der Waals surface area contributed by atoms with Crippen LogP contribution < -0.4 is 16.8 Å². The fourth-order valence-corrected chi connectivity index (χ4v) is 8.66. The average Bonchev–Trinajstić information content (AvgIpc) is 3.51. The number of aromatic nitrogens is 4. The van der Waals surface area contributed by atoms with E-state index in [9.17, 15) is 32.7 Å². The Balaban J connectivity index is 1.37. The monoisotopic (exact) mass is 826 g/mol. The molecule has 53 heavy (non-hydrogen) atoms. The minimum atomic E-state index is -4.76. The standard InChI is InChI=1S/C36H24BrCl2F3N6O5/c37-20-8-11-28(49)24(15-20)29-23-12-13-45-33(52)46(22-4-2-1-3-5-22)34(53)48(45)27(23)16-25-31(50)47(32(51)35(25,29)18-6-9-21(38)10-7-18)44-30-26(39)14-19(17-43-30)36(40,41)42/h1-12,14-15,17,25,27,29,49H,13,16H2,(H,43,44). The molecule has 11 nitrogen and oxygen atoms in total. The molecule has 2 aromatic heterocycles. The van der Waals surface area contributed by atoms with Crippen LogP contribution in [0.15, 0.2) is 111 Å². The van der Waals surface area contributed by atoms with E-state index in [1.807, 2.05) is 0 Å². The maximum absolute atomic E-state index is 15.2. The highest BCUT2D eigenvalue weighted by Gasteiger charge is 2.69. The average molecular weight is 828 g/mol. The van der Waals surface area contributed by atoms with Crippen LogP contribution >= 0.6 is 39.1 Å². The van der Waals surface area contributed by atoms with Crippen molar-refractivity contribution in [2.45, 2.75) is 36.5 Å². The van der Waals surface area contributed by atoms with E-state index in [1.54, 1.807) is 72.8 Å². The molecule has 4 heterocycles. The number of nitrogens with zero attached hydrogens (tertiary/aromatic N) is 5. The maximum atomic E-state index is 15.2. The van der Waals surface area contributed by atoms with Crippen LogP contribution in [0, 0.1) is 5.92 Å². The third kappa shape index (κ3) is 5.27. The van der Waals surface area contributed by atoms with Gasteiger partial charge in [-0.25, -0.2) is 28.5 Å². The van der Waals surface area contributed by atoms with Crippen molar-refractivity contribution in [2.24, 2.45) is 5.92 Å². The summed E-state index contributed by atoms with van der Waals surface area (Å²) in [7, 11) is 0. The Bertz CT molecular complexity index is 2500. The van der Waals surface area contributed by atoms with Crippen molar-refractivity contribution < 1.29 is 27.9 Å². The minimum Gasteiger partial charge on any atom is -0.508 e. The summed E-state index contributed by atoms with van der Waals surface area (Å²) < 4.78 is 44.4. The molecule has 270 valence electrons. The van der Waals surface area contributed by atoms with Crippen molar-refractivity contribution in [3.05, 3.63) is 149 Å². The van der Waals surface area contributed by atoms with Gasteiger partial charge < -0.3 is 5.11 Å². The first-order chi connectivity index (χ1) is 25.2. The number of pyridine rings is 1. The fraction of sp³-hybridized carbons (Fsp3) is 0.194. The van der Waals surface area contributed by atoms with Gasteiger partial charge >= 0.3 is 17.6 Å².